The standard InChI is InChI=1S/C15H15BrN2O3S/c1-2-22(20,21)18-14-8-6-13(7-9-14)17-15(19)11-4-3-5-12(16)10-11/h3-10,18H,2H2,1H3,(H,17,19). The van der Waals surface area contributed by atoms with Gasteiger partial charge in [0.25, 0.3) is 5.91 Å². The van der Waals surface area contributed by atoms with E-state index in [0.29, 0.717) is 16.9 Å². The lowest BCUT2D eigenvalue weighted by molar-refractivity contribution is 0.102. The van der Waals surface area contributed by atoms with Crippen LogP contribution in [0.1, 0.15) is 17.3 Å². The molecule has 0 unspecified atom stereocenters. The third-order valence-electron chi connectivity index (χ3n) is 2.88. The number of hydrogen-bond donors (Lipinski definition) is 2. The molecule has 2 N–H and O–H groups in total. The summed E-state index contributed by atoms with van der Waals surface area (Å²) in [4.78, 5) is 12.1. The molecule has 0 aliphatic carbocycles. The summed E-state index contributed by atoms with van der Waals surface area (Å²) in [5.74, 6) is -0.225. The van der Waals surface area contributed by atoms with Crippen LogP contribution in [0.15, 0.2) is 53.0 Å². The predicted molar refractivity (Wildman–Crippen MR) is 91.6 cm³/mol. The fraction of sp³-hybridized carbons (Fsp3) is 0.133. The minimum atomic E-state index is -3.30. The van der Waals surface area contributed by atoms with Crippen LogP contribution in [0.3, 0.4) is 0 Å². The van der Waals surface area contributed by atoms with Gasteiger partial charge in [-0.2, -0.15) is 0 Å². The number of sulfonamides is 1. The normalized spacial score (nSPS) is 11.0. The Balaban J connectivity index is 2.07. The van der Waals surface area contributed by atoms with Crippen molar-refractivity contribution >= 4 is 43.2 Å². The summed E-state index contributed by atoms with van der Waals surface area (Å²) in [6.07, 6.45) is 0. The van der Waals surface area contributed by atoms with Crippen LogP contribution in [0.5, 0.6) is 0 Å². The van der Waals surface area contributed by atoms with Gasteiger partial charge in [0.15, 0.2) is 0 Å². The monoisotopic (exact) mass is 382 g/mol. The Morgan fingerprint density at radius 1 is 1.09 bits per heavy atom. The van der Waals surface area contributed by atoms with Crippen LogP contribution in [0.25, 0.3) is 0 Å². The van der Waals surface area contributed by atoms with Crippen molar-refractivity contribution in [1.82, 2.24) is 0 Å². The van der Waals surface area contributed by atoms with Gasteiger partial charge in [-0.05, 0) is 49.4 Å². The number of hydrogen-bond acceptors (Lipinski definition) is 3. The highest BCUT2D eigenvalue weighted by Gasteiger charge is 2.08. The van der Waals surface area contributed by atoms with Gasteiger partial charge < -0.3 is 5.32 Å². The molecule has 0 aromatic heterocycles. The van der Waals surface area contributed by atoms with E-state index < -0.39 is 10.0 Å². The molecular weight excluding hydrogens is 368 g/mol. The zero-order chi connectivity index (χ0) is 16.2. The number of carbonyl (C=O) groups is 1. The molecule has 7 heteroatoms. The van der Waals surface area contributed by atoms with Crippen molar-refractivity contribution in [2.75, 3.05) is 15.8 Å². The van der Waals surface area contributed by atoms with Crippen LogP contribution >= 0.6 is 15.9 Å². The van der Waals surface area contributed by atoms with E-state index in [9.17, 15) is 13.2 Å². The predicted octanol–water partition coefficient (Wildman–Crippen LogP) is 3.46. The van der Waals surface area contributed by atoms with Crippen molar-refractivity contribution in [3.8, 4) is 0 Å². The van der Waals surface area contributed by atoms with E-state index in [4.69, 9.17) is 0 Å². The summed E-state index contributed by atoms with van der Waals surface area (Å²) in [5, 5.41) is 2.75. The maximum Gasteiger partial charge on any atom is 0.255 e. The van der Waals surface area contributed by atoms with Crippen LogP contribution < -0.4 is 10.0 Å². The van der Waals surface area contributed by atoms with Crippen molar-refractivity contribution in [3.05, 3.63) is 58.6 Å². The molecule has 2 aromatic rings. The van der Waals surface area contributed by atoms with Crippen LogP contribution in [0, 0.1) is 0 Å². The van der Waals surface area contributed by atoms with E-state index in [0.717, 1.165) is 4.47 Å². The van der Waals surface area contributed by atoms with E-state index in [1.165, 1.54) is 0 Å². The lowest BCUT2D eigenvalue weighted by Crippen LogP contribution is -2.15. The van der Waals surface area contributed by atoms with Crippen molar-refractivity contribution < 1.29 is 13.2 Å². The number of amides is 1. The first-order valence-electron chi connectivity index (χ1n) is 6.57. The molecule has 0 aliphatic heterocycles. The fourth-order valence-corrected chi connectivity index (χ4v) is 2.75. The molecule has 0 fully saturated rings. The Hall–Kier alpha value is -1.86. The van der Waals surface area contributed by atoms with E-state index in [-0.39, 0.29) is 11.7 Å². The fourth-order valence-electron chi connectivity index (χ4n) is 1.71. The molecular formula is C15H15BrN2O3S. The maximum atomic E-state index is 12.1. The second-order valence-electron chi connectivity index (χ2n) is 4.55. The number of rotatable bonds is 5. The van der Waals surface area contributed by atoms with Crippen LogP contribution in [-0.2, 0) is 10.0 Å². The molecule has 0 heterocycles. The lowest BCUT2D eigenvalue weighted by atomic mass is 10.2. The van der Waals surface area contributed by atoms with Gasteiger partial charge in [-0.1, -0.05) is 22.0 Å². The van der Waals surface area contributed by atoms with Crippen LogP contribution in [0.4, 0.5) is 11.4 Å². The second-order valence-corrected chi connectivity index (χ2v) is 7.47. The smallest absolute Gasteiger partial charge is 0.255 e. The van der Waals surface area contributed by atoms with Gasteiger partial charge in [0, 0.05) is 21.4 Å². The van der Waals surface area contributed by atoms with Crippen molar-refractivity contribution in [2.24, 2.45) is 0 Å². The van der Waals surface area contributed by atoms with Gasteiger partial charge >= 0.3 is 0 Å². The topological polar surface area (TPSA) is 75.3 Å². The number of halogens is 1. The number of benzene rings is 2. The number of carbonyl (C=O) groups excluding carboxylic acids is 1. The summed E-state index contributed by atoms with van der Waals surface area (Å²) in [5.41, 5.74) is 1.58. The van der Waals surface area contributed by atoms with Crippen molar-refractivity contribution in [1.29, 1.82) is 0 Å². The average Bonchev–Trinajstić information content (AvgIpc) is 2.49. The van der Waals surface area contributed by atoms with Gasteiger partial charge in [0.05, 0.1) is 5.75 Å². The molecule has 22 heavy (non-hydrogen) atoms. The zero-order valence-electron chi connectivity index (χ0n) is 11.8. The first-order chi connectivity index (χ1) is 10.4. The Labute approximate surface area is 137 Å². The molecule has 116 valence electrons. The molecule has 0 atom stereocenters. The highest BCUT2D eigenvalue weighted by atomic mass is 79.9. The summed E-state index contributed by atoms with van der Waals surface area (Å²) >= 11 is 3.31. The number of anilines is 2. The Kier molecular flexibility index (Phi) is 5.20. The van der Waals surface area contributed by atoms with Crippen molar-refractivity contribution in [2.45, 2.75) is 6.92 Å². The first kappa shape index (κ1) is 16.5. The molecule has 0 saturated carbocycles. The third-order valence-corrected chi connectivity index (χ3v) is 4.68. The minimum absolute atomic E-state index is 0.00831. The third kappa shape index (κ3) is 4.57. The van der Waals surface area contributed by atoms with Crippen molar-refractivity contribution in [3.63, 3.8) is 0 Å². The largest absolute Gasteiger partial charge is 0.322 e. The van der Waals surface area contributed by atoms with Gasteiger partial charge in [-0.25, -0.2) is 8.42 Å². The lowest BCUT2D eigenvalue weighted by Gasteiger charge is -2.08. The molecule has 2 aromatic carbocycles. The Morgan fingerprint density at radius 3 is 2.32 bits per heavy atom. The molecule has 0 saturated heterocycles. The minimum Gasteiger partial charge on any atom is -0.322 e. The second kappa shape index (κ2) is 6.93. The summed E-state index contributed by atoms with van der Waals surface area (Å²) in [6, 6.07) is 13.5. The van der Waals surface area contributed by atoms with Gasteiger partial charge in [0.2, 0.25) is 10.0 Å². The van der Waals surface area contributed by atoms with E-state index in [1.807, 2.05) is 6.07 Å². The van der Waals surface area contributed by atoms with Gasteiger partial charge in [-0.15, -0.1) is 0 Å². The SMILES string of the molecule is CCS(=O)(=O)Nc1ccc(NC(=O)c2cccc(Br)c2)cc1. The summed E-state index contributed by atoms with van der Waals surface area (Å²) in [7, 11) is -3.30. The van der Waals surface area contributed by atoms with Crippen LogP contribution in [0.2, 0.25) is 0 Å². The molecule has 1 amide bonds. The summed E-state index contributed by atoms with van der Waals surface area (Å²) < 4.78 is 26.2. The average molecular weight is 383 g/mol. The Bertz CT molecular complexity index is 774. The Morgan fingerprint density at radius 2 is 1.73 bits per heavy atom. The quantitative estimate of drug-likeness (QED) is 0.830. The zero-order valence-corrected chi connectivity index (χ0v) is 14.2. The molecule has 0 aliphatic rings. The van der Waals surface area contributed by atoms with E-state index >= 15 is 0 Å². The summed E-state index contributed by atoms with van der Waals surface area (Å²) in [6.45, 7) is 1.56. The van der Waals surface area contributed by atoms with Gasteiger partial charge in [-0.3, -0.25) is 9.52 Å². The molecule has 0 spiro atoms. The van der Waals surface area contributed by atoms with E-state index in [1.54, 1.807) is 49.4 Å². The molecule has 5 nitrogen and oxygen atoms in total. The first-order valence-corrected chi connectivity index (χ1v) is 9.01. The molecule has 2 rings (SSSR count). The van der Waals surface area contributed by atoms with Gasteiger partial charge in [0.1, 0.15) is 0 Å². The highest BCUT2D eigenvalue weighted by Crippen LogP contribution is 2.17. The maximum absolute atomic E-state index is 12.1. The number of nitrogens with one attached hydrogen (secondary N) is 2. The van der Waals surface area contributed by atoms with Crippen LogP contribution in [-0.4, -0.2) is 20.1 Å². The molecule has 0 bridgehead atoms. The van der Waals surface area contributed by atoms with E-state index in [2.05, 4.69) is 26.0 Å². The molecule has 0 radical (unpaired) electrons. The highest BCUT2D eigenvalue weighted by molar-refractivity contribution is 9.10.